The number of para-hydroxylation sites is 2. The highest BCUT2D eigenvalue weighted by Gasteiger charge is 2.22. The molecule has 0 bridgehead atoms. The smallest absolute Gasteiger partial charge is 0.151 e. The number of nitrogens with zero attached hydrogens (tertiary/aromatic N) is 2. The van der Waals surface area contributed by atoms with Crippen molar-refractivity contribution in [3.63, 3.8) is 0 Å². The summed E-state index contributed by atoms with van der Waals surface area (Å²) in [4.78, 5) is 7.04. The minimum absolute atomic E-state index is 0.249. The van der Waals surface area contributed by atoms with Crippen molar-refractivity contribution in [3.8, 4) is 5.75 Å². The topological polar surface area (TPSA) is 35.8 Å². The van der Waals surface area contributed by atoms with Crippen LogP contribution in [0.15, 0.2) is 71.7 Å². The van der Waals surface area contributed by atoms with Gasteiger partial charge in [-0.05, 0) is 36.2 Å². The van der Waals surface area contributed by atoms with Gasteiger partial charge in [0.1, 0.15) is 5.75 Å². The molecule has 27 heavy (non-hydrogen) atoms. The van der Waals surface area contributed by atoms with E-state index in [0.29, 0.717) is 10.0 Å². The largest absolute Gasteiger partial charge is 0.508 e. The lowest BCUT2D eigenvalue weighted by molar-refractivity contribution is 0.301. The van der Waals surface area contributed by atoms with Crippen LogP contribution in [0, 0.1) is 0 Å². The molecule has 1 heterocycles. The Morgan fingerprint density at radius 2 is 1.70 bits per heavy atom. The molecular weight excluding hydrogens is 379 g/mol. The summed E-state index contributed by atoms with van der Waals surface area (Å²) in [6, 6.07) is 21.1. The van der Waals surface area contributed by atoms with Crippen molar-refractivity contribution >= 4 is 29.4 Å². The molecule has 0 saturated carbocycles. The average Bonchev–Trinajstić information content (AvgIpc) is 2.68. The summed E-state index contributed by atoms with van der Waals surface area (Å²) >= 11 is 12.2. The number of hydrogen-bond acceptors (Lipinski definition) is 3. The number of benzene rings is 3. The van der Waals surface area contributed by atoms with E-state index in [1.807, 2.05) is 60.7 Å². The molecule has 0 aliphatic carbocycles. The van der Waals surface area contributed by atoms with E-state index in [4.69, 9.17) is 28.2 Å². The summed E-state index contributed by atoms with van der Waals surface area (Å²) in [5.74, 6) is 0.249. The lowest BCUT2D eigenvalue weighted by Gasteiger charge is -2.30. The molecule has 0 spiro atoms. The van der Waals surface area contributed by atoms with Gasteiger partial charge in [-0.1, -0.05) is 65.7 Å². The van der Waals surface area contributed by atoms with Gasteiger partial charge in [0, 0.05) is 23.5 Å². The SMILES string of the molecule is Oc1ccccc1C1N=c2ccccc2=CN1CCc1ccc(Cl)c(Cl)c1. The summed E-state index contributed by atoms with van der Waals surface area (Å²) in [6.45, 7) is 0.731. The maximum atomic E-state index is 10.3. The summed E-state index contributed by atoms with van der Waals surface area (Å²) in [7, 11) is 0. The van der Waals surface area contributed by atoms with Crippen LogP contribution in [0.2, 0.25) is 10.0 Å². The van der Waals surface area contributed by atoms with Crippen LogP contribution in [-0.2, 0) is 6.42 Å². The zero-order valence-electron chi connectivity index (χ0n) is 14.5. The summed E-state index contributed by atoms with van der Waals surface area (Å²) < 4.78 is 0. The Labute approximate surface area is 167 Å². The maximum Gasteiger partial charge on any atom is 0.151 e. The van der Waals surface area contributed by atoms with E-state index < -0.39 is 0 Å². The van der Waals surface area contributed by atoms with Crippen LogP contribution in [0.25, 0.3) is 6.20 Å². The lowest BCUT2D eigenvalue weighted by atomic mass is 10.1. The van der Waals surface area contributed by atoms with Gasteiger partial charge >= 0.3 is 0 Å². The molecule has 3 nitrogen and oxygen atoms in total. The standard InChI is InChI=1S/C22H18Cl2N2O/c23-18-10-9-15(13-19(18)24)11-12-26-14-16-5-1-3-7-20(16)25-22(26)17-6-2-4-8-21(17)27/h1-10,13-14,22,27H,11-12H2. The number of halogens is 2. The van der Waals surface area contributed by atoms with Crippen molar-refractivity contribution in [2.75, 3.05) is 6.54 Å². The monoisotopic (exact) mass is 396 g/mol. The quantitative estimate of drug-likeness (QED) is 0.712. The molecule has 3 aromatic rings. The van der Waals surface area contributed by atoms with Crippen molar-refractivity contribution in [3.05, 3.63) is 98.5 Å². The first-order valence-electron chi connectivity index (χ1n) is 8.74. The van der Waals surface area contributed by atoms with Gasteiger partial charge in [0.25, 0.3) is 0 Å². The molecule has 5 heteroatoms. The van der Waals surface area contributed by atoms with Gasteiger partial charge in [-0.15, -0.1) is 0 Å². The Balaban J connectivity index is 1.68. The Morgan fingerprint density at radius 1 is 0.926 bits per heavy atom. The number of fused-ring (bicyclic) bond motifs is 1. The fraction of sp³-hybridized carbons (Fsp3) is 0.136. The summed E-state index contributed by atoms with van der Waals surface area (Å²) in [6.07, 6.45) is 2.62. The second-order valence-electron chi connectivity index (χ2n) is 6.49. The molecule has 0 saturated heterocycles. The second kappa shape index (κ2) is 7.63. The summed E-state index contributed by atoms with van der Waals surface area (Å²) in [5, 5.41) is 13.5. The third-order valence-electron chi connectivity index (χ3n) is 4.67. The average molecular weight is 397 g/mol. The third-order valence-corrected chi connectivity index (χ3v) is 5.41. The van der Waals surface area contributed by atoms with Crippen LogP contribution in [-0.4, -0.2) is 16.6 Å². The molecule has 0 radical (unpaired) electrons. The number of hydrogen-bond donors (Lipinski definition) is 1. The third kappa shape index (κ3) is 3.80. The molecule has 1 atom stereocenters. The Bertz CT molecular complexity index is 1100. The Hall–Kier alpha value is -2.49. The van der Waals surface area contributed by atoms with Crippen molar-refractivity contribution in [2.24, 2.45) is 4.99 Å². The number of phenolic OH excluding ortho intramolecular Hbond substituents is 1. The molecule has 1 N–H and O–H groups in total. The van der Waals surface area contributed by atoms with E-state index in [2.05, 4.69) is 11.1 Å². The molecular formula is C22H18Cl2N2O. The fourth-order valence-electron chi connectivity index (χ4n) is 3.26. The summed E-state index contributed by atoms with van der Waals surface area (Å²) in [5.41, 5.74) is 1.89. The maximum absolute atomic E-state index is 10.3. The first kappa shape index (κ1) is 17.9. The van der Waals surface area contributed by atoms with Crippen molar-refractivity contribution in [1.29, 1.82) is 0 Å². The molecule has 0 fully saturated rings. The number of rotatable bonds is 4. The Kier molecular flexibility index (Phi) is 5.06. The van der Waals surface area contributed by atoms with Crippen LogP contribution >= 0.6 is 23.2 Å². The highest BCUT2D eigenvalue weighted by atomic mass is 35.5. The minimum atomic E-state index is -0.274. The van der Waals surface area contributed by atoms with E-state index in [-0.39, 0.29) is 11.9 Å². The van der Waals surface area contributed by atoms with Gasteiger partial charge in [-0.2, -0.15) is 0 Å². The predicted octanol–water partition coefficient (Wildman–Crippen LogP) is 4.31. The molecule has 3 aromatic carbocycles. The minimum Gasteiger partial charge on any atom is -0.508 e. The molecule has 1 unspecified atom stereocenters. The van der Waals surface area contributed by atoms with Gasteiger partial charge in [-0.25, -0.2) is 0 Å². The first-order valence-corrected chi connectivity index (χ1v) is 9.50. The van der Waals surface area contributed by atoms with Crippen LogP contribution in [0.5, 0.6) is 5.75 Å². The van der Waals surface area contributed by atoms with Gasteiger partial charge < -0.3 is 10.0 Å². The molecule has 1 aliphatic rings. The van der Waals surface area contributed by atoms with Crippen LogP contribution in [0.3, 0.4) is 0 Å². The van der Waals surface area contributed by atoms with Crippen LogP contribution < -0.4 is 10.6 Å². The zero-order valence-corrected chi connectivity index (χ0v) is 16.0. The van der Waals surface area contributed by atoms with Crippen molar-refractivity contribution in [2.45, 2.75) is 12.6 Å². The van der Waals surface area contributed by atoms with Gasteiger partial charge in [0.05, 0.1) is 15.4 Å². The van der Waals surface area contributed by atoms with Gasteiger partial charge in [0.15, 0.2) is 6.17 Å². The number of phenols is 1. The van der Waals surface area contributed by atoms with Crippen molar-refractivity contribution < 1.29 is 5.11 Å². The molecule has 136 valence electrons. The lowest BCUT2D eigenvalue weighted by Crippen LogP contribution is -2.38. The first-order chi connectivity index (χ1) is 13.1. The normalized spacial score (nSPS) is 15.6. The van der Waals surface area contributed by atoms with E-state index >= 15 is 0 Å². The van der Waals surface area contributed by atoms with Gasteiger partial charge in [0.2, 0.25) is 0 Å². The van der Waals surface area contributed by atoms with E-state index in [0.717, 1.165) is 34.7 Å². The zero-order chi connectivity index (χ0) is 18.8. The number of aromatic hydroxyl groups is 1. The molecule has 0 aromatic heterocycles. The van der Waals surface area contributed by atoms with E-state index in [9.17, 15) is 5.11 Å². The van der Waals surface area contributed by atoms with Gasteiger partial charge in [-0.3, -0.25) is 4.99 Å². The molecule has 4 rings (SSSR count). The van der Waals surface area contributed by atoms with E-state index in [1.54, 1.807) is 6.07 Å². The highest BCUT2D eigenvalue weighted by Crippen LogP contribution is 2.31. The predicted molar refractivity (Wildman–Crippen MR) is 109 cm³/mol. The second-order valence-corrected chi connectivity index (χ2v) is 7.30. The fourth-order valence-corrected chi connectivity index (χ4v) is 3.58. The molecule has 0 amide bonds. The van der Waals surface area contributed by atoms with Crippen LogP contribution in [0.4, 0.5) is 0 Å². The van der Waals surface area contributed by atoms with E-state index in [1.165, 1.54) is 0 Å². The molecule has 1 aliphatic heterocycles. The highest BCUT2D eigenvalue weighted by molar-refractivity contribution is 6.42. The van der Waals surface area contributed by atoms with Crippen LogP contribution in [0.1, 0.15) is 17.3 Å². The van der Waals surface area contributed by atoms with Crippen molar-refractivity contribution in [1.82, 2.24) is 4.90 Å². The Morgan fingerprint density at radius 3 is 2.52 bits per heavy atom.